The summed E-state index contributed by atoms with van der Waals surface area (Å²) >= 11 is 0. The van der Waals surface area contributed by atoms with Crippen molar-refractivity contribution >= 4 is 0 Å². The van der Waals surface area contributed by atoms with Crippen LogP contribution in [0.4, 0.5) is 0 Å². The minimum atomic E-state index is 0.775. The third-order valence-electron chi connectivity index (χ3n) is 3.48. The van der Waals surface area contributed by atoms with Gasteiger partial charge >= 0.3 is 0 Å². The summed E-state index contributed by atoms with van der Waals surface area (Å²) in [7, 11) is 0. The second-order valence-electron chi connectivity index (χ2n) is 4.84. The first-order valence-electron chi connectivity index (χ1n) is 6.46. The van der Waals surface area contributed by atoms with Gasteiger partial charge in [-0.2, -0.15) is 0 Å². The molecule has 0 radical (unpaired) electrons. The maximum absolute atomic E-state index is 5.35. The van der Waals surface area contributed by atoms with Gasteiger partial charge in [0.1, 0.15) is 0 Å². The lowest BCUT2D eigenvalue weighted by atomic mass is 10.1. The first-order chi connectivity index (χ1) is 7.45. The lowest BCUT2D eigenvalue weighted by Gasteiger charge is -2.15. The molecular formula is C12H24N2O. The quantitative estimate of drug-likeness (QED) is 0.667. The first kappa shape index (κ1) is 11.4. The lowest BCUT2D eigenvalue weighted by molar-refractivity contribution is 0.185. The molecule has 2 aliphatic rings. The standard InChI is InChI=1S/C12H24N2O/c1-2-7-14(6-1)8-3-5-13-10-12-4-9-15-11-12/h12-13H,1-11H2. The summed E-state index contributed by atoms with van der Waals surface area (Å²) in [6, 6.07) is 0. The second-order valence-corrected chi connectivity index (χ2v) is 4.84. The van der Waals surface area contributed by atoms with Crippen LogP contribution in [0.25, 0.3) is 0 Å². The summed E-state index contributed by atoms with van der Waals surface area (Å²) in [6.45, 7) is 8.22. The van der Waals surface area contributed by atoms with Crippen LogP contribution in [0.3, 0.4) is 0 Å². The fourth-order valence-corrected chi connectivity index (χ4v) is 2.48. The SMILES string of the molecule is C1CCN(CCCNCC2CCOC2)C1. The van der Waals surface area contributed by atoms with Gasteiger partial charge in [0.25, 0.3) is 0 Å². The van der Waals surface area contributed by atoms with E-state index < -0.39 is 0 Å². The molecule has 1 N–H and O–H groups in total. The van der Waals surface area contributed by atoms with Crippen LogP contribution in [-0.4, -0.2) is 50.8 Å². The number of rotatable bonds is 6. The van der Waals surface area contributed by atoms with Crippen LogP contribution in [-0.2, 0) is 4.74 Å². The fourth-order valence-electron chi connectivity index (χ4n) is 2.48. The van der Waals surface area contributed by atoms with Crippen molar-refractivity contribution in [3.05, 3.63) is 0 Å². The van der Waals surface area contributed by atoms with Gasteiger partial charge in [-0.05, 0) is 57.8 Å². The van der Waals surface area contributed by atoms with Crippen molar-refractivity contribution in [2.45, 2.75) is 25.7 Å². The third kappa shape index (κ3) is 4.09. The van der Waals surface area contributed by atoms with Crippen molar-refractivity contribution in [2.24, 2.45) is 5.92 Å². The molecule has 1 atom stereocenters. The summed E-state index contributed by atoms with van der Waals surface area (Å²) < 4.78 is 5.35. The Hall–Kier alpha value is -0.120. The highest BCUT2D eigenvalue weighted by atomic mass is 16.5. The molecule has 0 spiro atoms. The molecule has 2 rings (SSSR count). The molecule has 0 aromatic rings. The van der Waals surface area contributed by atoms with Gasteiger partial charge in [-0.3, -0.25) is 0 Å². The fraction of sp³-hybridized carbons (Fsp3) is 1.00. The highest BCUT2D eigenvalue weighted by Crippen LogP contribution is 2.10. The van der Waals surface area contributed by atoms with E-state index in [-0.39, 0.29) is 0 Å². The van der Waals surface area contributed by atoms with Gasteiger partial charge in [-0.15, -0.1) is 0 Å². The van der Waals surface area contributed by atoms with Crippen LogP contribution in [0.5, 0.6) is 0 Å². The van der Waals surface area contributed by atoms with E-state index in [9.17, 15) is 0 Å². The minimum Gasteiger partial charge on any atom is -0.381 e. The molecule has 0 amide bonds. The Labute approximate surface area is 93.2 Å². The Kier molecular flexibility index (Phi) is 4.90. The first-order valence-corrected chi connectivity index (χ1v) is 6.46. The van der Waals surface area contributed by atoms with Gasteiger partial charge in [0, 0.05) is 13.2 Å². The Morgan fingerprint density at radius 3 is 2.87 bits per heavy atom. The lowest BCUT2D eigenvalue weighted by Crippen LogP contribution is -2.28. The molecule has 0 aromatic heterocycles. The number of likely N-dealkylation sites (tertiary alicyclic amines) is 1. The Balaban J connectivity index is 1.41. The summed E-state index contributed by atoms with van der Waals surface area (Å²) in [6.07, 6.45) is 5.37. The normalized spacial score (nSPS) is 27.6. The molecular weight excluding hydrogens is 188 g/mol. The summed E-state index contributed by atoms with van der Waals surface area (Å²) in [5.74, 6) is 0.775. The zero-order valence-corrected chi connectivity index (χ0v) is 9.71. The van der Waals surface area contributed by atoms with Crippen LogP contribution in [0, 0.1) is 5.92 Å². The van der Waals surface area contributed by atoms with Crippen LogP contribution < -0.4 is 5.32 Å². The van der Waals surface area contributed by atoms with Crippen LogP contribution in [0.2, 0.25) is 0 Å². The van der Waals surface area contributed by atoms with E-state index in [1.165, 1.54) is 51.9 Å². The van der Waals surface area contributed by atoms with E-state index in [2.05, 4.69) is 10.2 Å². The number of ether oxygens (including phenoxy) is 1. The molecule has 3 heteroatoms. The predicted octanol–water partition coefficient (Wildman–Crippen LogP) is 1.10. The van der Waals surface area contributed by atoms with Crippen molar-refractivity contribution in [2.75, 3.05) is 45.9 Å². The number of nitrogens with one attached hydrogen (secondary N) is 1. The van der Waals surface area contributed by atoms with E-state index in [1.807, 2.05) is 0 Å². The van der Waals surface area contributed by atoms with Crippen molar-refractivity contribution in [1.82, 2.24) is 10.2 Å². The van der Waals surface area contributed by atoms with Gasteiger partial charge in [-0.1, -0.05) is 0 Å². The Morgan fingerprint density at radius 2 is 2.13 bits per heavy atom. The van der Waals surface area contributed by atoms with E-state index >= 15 is 0 Å². The number of hydrogen-bond acceptors (Lipinski definition) is 3. The van der Waals surface area contributed by atoms with E-state index in [0.29, 0.717) is 0 Å². The molecule has 15 heavy (non-hydrogen) atoms. The molecule has 0 aliphatic carbocycles. The Morgan fingerprint density at radius 1 is 1.27 bits per heavy atom. The average molecular weight is 212 g/mol. The highest BCUT2D eigenvalue weighted by Gasteiger charge is 2.14. The second kappa shape index (κ2) is 6.46. The number of nitrogens with zero attached hydrogens (tertiary/aromatic N) is 1. The van der Waals surface area contributed by atoms with Crippen LogP contribution in [0.1, 0.15) is 25.7 Å². The molecule has 2 saturated heterocycles. The van der Waals surface area contributed by atoms with E-state index in [4.69, 9.17) is 4.74 Å². The average Bonchev–Trinajstić information content (AvgIpc) is 2.88. The summed E-state index contributed by atoms with van der Waals surface area (Å²) in [5.41, 5.74) is 0. The minimum absolute atomic E-state index is 0.775. The van der Waals surface area contributed by atoms with Crippen molar-refractivity contribution < 1.29 is 4.74 Å². The third-order valence-corrected chi connectivity index (χ3v) is 3.48. The molecule has 88 valence electrons. The molecule has 0 aromatic carbocycles. The largest absolute Gasteiger partial charge is 0.381 e. The monoisotopic (exact) mass is 212 g/mol. The maximum atomic E-state index is 5.35. The van der Waals surface area contributed by atoms with Gasteiger partial charge in [0.2, 0.25) is 0 Å². The van der Waals surface area contributed by atoms with Crippen LogP contribution >= 0.6 is 0 Å². The molecule has 2 fully saturated rings. The summed E-state index contributed by atoms with van der Waals surface area (Å²) in [4.78, 5) is 2.58. The molecule has 1 unspecified atom stereocenters. The van der Waals surface area contributed by atoms with Crippen molar-refractivity contribution in [3.8, 4) is 0 Å². The van der Waals surface area contributed by atoms with Crippen LogP contribution in [0.15, 0.2) is 0 Å². The maximum Gasteiger partial charge on any atom is 0.0507 e. The van der Waals surface area contributed by atoms with E-state index in [0.717, 1.165) is 25.7 Å². The smallest absolute Gasteiger partial charge is 0.0507 e. The molecule has 3 nitrogen and oxygen atoms in total. The highest BCUT2D eigenvalue weighted by molar-refractivity contribution is 4.68. The zero-order chi connectivity index (χ0) is 10.3. The molecule has 2 heterocycles. The van der Waals surface area contributed by atoms with Gasteiger partial charge < -0.3 is 15.0 Å². The molecule has 0 saturated carbocycles. The van der Waals surface area contributed by atoms with Crippen molar-refractivity contribution in [1.29, 1.82) is 0 Å². The molecule has 0 bridgehead atoms. The van der Waals surface area contributed by atoms with E-state index in [1.54, 1.807) is 0 Å². The predicted molar refractivity (Wildman–Crippen MR) is 62.1 cm³/mol. The zero-order valence-electron chi connectivity index (χ0n) is 9.71. The number of hydrogen-bond donors (Lipinski definition) is 1. The van der Waals surface area contributed by atoms with Gasteiger partial charge in [-0.25, -0.2) is 0 Å². The topological polar surface area (TPSA) is 24.5 Å². The van der Waals surface area contributed by atoms with Crippen molar-refractivity contribution in [3.63, 3.8) is 0 Å². The molecule has 2 aliphatic heterocycles. The summed E-state index contributed by atoms with van der Waals surface area (Å²) in [5, 5.41) is 3.54. The van der Waals surface area contributed by atoms with Gasteiger partial charge in [0.05, 0.1) is 6.61 Å². The Bertz CT molecular complexity index is 145. The van der Waals surface area contributed by atoms with Gasteiger partial charge in [0.15, 0.2) is 0 Å².